The number of anilines is 1. The number of nitrogens with one attached hydrogen (secondary N) is 1. The van der Waals surface area contributed by atoms with Crippen LogP contribution in [0.1, 0.15) is 5.56 Å². The third kappa shape index (κ3) is 2.76. The first-order valence-corrected chi connectivity index (χ1v) is 5.57. The van der Waals surface area contributed by atoms with Crippen LogP contribution in [0.4, 0.5) is 18.9 Å². The number of hydrogen-bond donors (Lipinski definition) is 1. The molecule has 2 aromatic carbocycles. The Bertz CT molecular complexity index is 572. The van der Waals surface area contributed by atoms with Crippen molar-refractivity contribution in [2.24, 2.45) is 0 Å². The van der Waals surface area contributed by atoms with Crippen LogP contribution in [0.15, 0.2) is 36.4 Å². The van der Waals surface area contributed by atoms with Crippen molar-refractivity contribution in [3.8, 4) is 0 Å². The molecule has 5 heteroatoms. The third-order valence-electron chi connectivity index (χ3n) is 2.43. The molecule has 0 aliphatic carbocycles. The highest BCUT2D eigenvalue weighted by molar-refractivity contribution is 6.31. The van der Waals surface area contributed by atoms with Gasteiger partial charge in [0.05, 0.1) is 10.7 Å². The van der Waals surface area contributed by atoms with Crippen molar-refractivity contribution in [1.82, 2.24) is 0 Å². The number of hydrogen-bond acceptors (Lipinski definition) is 1. The second-order valence-corrected chi connectivity index (χ2v) is 4.07. The standard InChI is InChI=1S/C13H9ClF3N/c14-13-8(2-1-3-10(13)16)7-18-12-5-4-9(15)6-11(12)17/h1-6,18H,7H2. The molecule has 0 radical (unpaired) electrons. The van der Waals surface area contributed by atoms with Crippen molar-refractivity contribution in [3.63, 3.8) is 0 Å². The van der Waals surface area contributed by atoms with Gasteiger partial charge < -0.3 is 5.32 Å². The van der Waals surface area contributed by atoms with E-state index in [1.54, 1.807) is 6.07 Å². The molecule has 0 saturated heterocycles. The number of benzene rings is 2. The normalized spacial score (nSPS) is 10.4. The van der Waals surface area contributed by atoms with E-state index in [0.717, 1.165) is 12.1 Å². The molecular weight excluding hydrogens is 263 g/mol. The van der Waals surface area contributed by atoms with Crippen molar-refractivity contribution < 1.29 is 13.2 Å². The van der Waals surface area contributed by atoms with Gasteiger partial charge in [0.1, 0.15) is 17.5 Å². The van der Waals surface area contributed by atoms with Gasteiger partial charge in [0, 0.05) is 12.6 Å². The van der Waals surface area contributed by atoms with Crippen LogP contribution in [0.5, 0.6) is 0 Å². The van der Waals surface area contributed by atoms with E-state index in [2.05, 4.69) is 5.32 Å². The summed E-state index contributed by atoms with van der Waals surface area (Å²) in [4.78, 5) is 0. The first-order valence-electron chi connectivity index (χ1n) is 5.20. The van der Waals surface area contributed by atoms with E-state index in [0.29, 0.717) is 5.56 Å². The molecule has 0 spiro atoms. The van der Waals surface area contributed by atoms with Gasteiger partial charge in [-0.15, -0.1) is 0 Å². The molecule has 0 heterocycles. The maximum absolute atomic E-state index is 13.3. The molecule has 0 saturated carbocycles. The topological polar surface area (TPSA) is 12.0 Å². The van der Waals surface area contributed by atoms with E-state index in [-0.39, 0.29) is 17.3 Å². The van der Waals surface area contributed by atoms with Gasteiger partial charge in [-0.2, -0.15) is 0 Å². The third-order valence-corrected chi connectivity index (χ3v) is 2.86. The zero-order valence-electron chi connectivity index (χ0n) is 9.18. The molecule has 94 valence electrons. The van der Waals surface area contributed by atoms with Crippen molar-refractivity contribution in [3.05, 3.63) is 64.4 Å². The quantitative estimate of drug-likeness (QED) is 0.874. The Balaban J connectivity index is 2.14. The number of rotatable bonds is 3. The van der Waals surface area contributed by atoms with Gasteiger partial charge in [-0.3, -0.25) is 0 Å². The summed E-state index contributed by atoms with van der Waals surface area (Å²) in [6.07, 6.45) is 0. The van der Waals surface area contributed by atoms with Crippen molar-refractivity contribution in [2.75, 3.05) is 5.32 Å². The average Bonchev–Trinajstić information content (AvgIpc) is 2.33. The highest BCUT2D eigenvalue weighted by atomic mass is 35.5. The molecule has 18 heavy (non-hydrogen) atoms. The van der Waals surface area contributed by atoms with E-state index in [1.165, 1.54) is 18.2 Å². The van der Waals surface area contributed by atoms with Crippen molar-refractivity contribution in [2.45, 2.75) is 6.54 Å². The molecule has 1 nitrogen and oxygen atoms in total. The van der Waals surface area contributed by atoms with Crippen molar-refractivity contribution >= 4 is 17.3 Å². The largest absolute Gasteiger partial charge is 0.379 e. The van der Waals surface area contributed by atoms with E-state index in [9.17, 15) is 13.2 Å². The Kier molecular flexibility index (Phi) is 3.77. The predicted octanol–water partition coefficient (Wildman–Crippen LogP) is 4.37. The van der Waals surface area contributed by atoms with Crippen LogP contribution in [0.25, 0.3) is 0 Å². The minimum atomic E-state index is -0.706. The van der Waals surface area contributed by atoms with E-state index < -0.39 is 17.5 Å². The maximum atomic E-state index is 13.3. The minimum absolute atomic E-state index is 0.00693. The lowest BCUT2D eigenvalue weighted by molar-refractivity contribution is 0.585. The molecule has 0 amide bonds. The van der Waals surface area contributed by atoms with E-state index in [4.69, 9.17) is 11.6 Å². The Labute approximate surface area is 107 Å². The SMILES string of the molecule is Fc1ccc(NCc2cccc(F)c2Cl)c(F)c1. The second kappa shape index (κ2) is 5.31. The van der Waals surface area contributed by atoms with Gasteiger partial charge in [-0.25, -0.2) is 13.2 Å². The lowest BCUT2D eigenvalue weighted by atomic mass is 10.2. The highest BCUT2D eigenvalue weighted by Crippen LogP contribution is 2.22. The first-order chi connectivity index (χ1) is 8.58. The smallest absolute Gasteiger partial charge is 0.149 e. The average molecular weight is 272 g/mol. The molecule has 2 aromatic rings. The van der Waals surface area contributed by atoms with Crippen LogP contribution >= 0.6 is 11.6 Å². The summed E-state index contributed by atoms with van der Waals surface area (Å²) in [5, 5.41) is 2.72. The second-order valence-electron chi connectivity index (χ2n) is 3.69. The Morgan fingerprint density at radius 2 is 1.78 bits per heavy atom. The lowest BCUT2D eigenvalue weighted by Crippen LogP contribution is -2.03. The zero-order valence-corrected chi connectivity index (χ0v) is 9.94. The van der Waals surface area contributed by atoms with Gasteiger partial charge in [0.25, 0.3) is 0 Å². The summed E-state index contributed by atoms with van der Waals surface area (Å²) in [5.74, 6) is -1.89. The Morgan fingerprint density at radius 3 is 2.50 bits per heavy atom. The van der Waals surface area contributed by atoms with Gasteiger partial charge in [0.15, 0.2) is 0 Å². The molecule has 0 aliphatic heterocycles. The molecule has 0 fully saturated rings. The monoisotopic (exact) mass is 271 g/mol. The maximum Gasteiger partial charge on any atom is 0.149 e. The summed E-state index contributed by atoms with van der Waals surface area (Å²) in [6.45, 7) is 0.152. The molecular formula is C13H9ClF3N. The van der Waals surface area contributed by atoms with E-state index in [1.807, 2.05) is 0 Å². The first kappa shape index (κ1) is 12.8. The van der Waals surface area contributed by atoms with Gasteiger partial charge in [0.2, 0.25) is 0 Å². The lowest BCUT2D eigenvalue weighted by Gasteiger charge is -2.09. The zero-order chi connectivity index (χ0) is 13.1. The van der Waals surface area contributed by atoms with Crippen LogP contribution in [-0.2, 0) is 6.54 Å². The molecule has 1 N–H and O–H groups in total. The van der Waals surface area contributed by atoms with Gasteiger partial charge in [-0.1, -0.05) is 23.7 Å². The fourth-order valence-corrected chi connectivity index (χ4v) is 1.70. The van der Waals surface area contributed by atoms with Gasteiger partial charge in [-0.05, 0) is 23.8 Å². The summed E-state index contributed by atoms with van der Waals surface area (Å²) in [6, 6.07) is 7.56. The molecule has 0 bridgehead atoms. The van der Waals surface area contributed by atoms with Crippen LogP contribution in [-0.4, -0.2) is 0 Å². The van der Waals surface area contributed by atoms with Crippen LogP contribution < -0.4 is 5.32 Å². The summed E-state index contributed by atoms with van der Waals surface area (Å²) >= 11 is 5.76. The summed E-state index contributed by atoms with van der Waals surface area (Å²) in [7, 11) is 0. The Hall–Kier alpha value is -1.68. The molecule has 0 unspecified atom stereocenters. The molecule has 2 rings (SSSR count). The predicted molar refractivity (Wildman–Crippen MR) is 65.1 cm³/mol. The van der Waals surface area contributed by atoms with Crippen LogP contribution in [0.3, 0.4) is 0 Å². The molecule has 0 atom stereocenters. The van der Waals surface area contributed by atoms with Crippen LogP contribution in [0.2, 0.25) is 5.02 Å². The van der Waals surface area contributed by atoms with Crippen molar-refractivity contribution in [1.29, 1.82) is 0 Å². The fourth-order valence-electron chi connectivity index (χ4n) is 1.51. The molecule has 0 aliphatic rings. The van der Waals surface area contributed by atoms with Gasteiger partial charge >= 0.3 is 0 Å². The highest BCUT2D eigenvalue weighted by Gasteiger charge is 2.07. The fraction of sp³-hybridized carbons (Fsp3) is 0.0769. The van der Waals surface area contributed by atoms with Crippen LogP contribution in [0, 0.1) is 17.5 Å². The number of halogens is 4. The summed E-state index contributed by atoms with van der Waals surface area (Å²) in [5.41, 5.74) is 0.636. The minimum Gasteiger partial charge on any atom is -0.379 e. The van der Waals surface area contributed by atoms with E-state index >= 15 is 0 Å². The molecule has 0 aromatic heterocycles. The Morgan fingerprint density at radius 1 is 1.00 bits per heavy atom. The summed E-state index contributed by atoms with van der Waals surface area (Å²) < 4.78 is 39.2.